The molecule has 1 saturated heterocycles. The summed E-state index contributed by atoms with van der Waals surface area (Å²) in [6, 6.07) is 0. The van der Waals surface area contributed by atoms with Gasteiger partial charge in [-0.15, -0.1) is 6.42 Å². The number of rotatable bonds is 5. The van der Waals surface area contributed by atoms with Crippen LogP contribution in [0.5, 0.6) is 0 Å². The Morgan fingerprint density at radius 2 is 1.90 bits per heavy atom. The molecule has 1 heterocycles. The summed E-state index contributed by atoms with van der Waals surface area (Å²) in [4.78, 5) is 2.25. The Morgan fingerprint density at radius 3 is 2.48 bits per heavy atom. The van der Waals surface area contributed by atoms with Crippen molar-refractivity contribution in [3.63, 3.8) is 0 Å². The van der Waals surface area contributed by atoms with E-state index in [0.717, 1.165) is 38.8 Å². The summed E-state index contributed by atoms with van der Waals surface area (Å²) < 4.78 is 11.6. The molecule has 0 bridgehead atoms. The lowest BCUT2D eigenvalue weighted by atomic mass is 9.85. The molecular weight excluding hydrogens is 266 g/mol. The maximum Gasteiger partial charge on any atom is 0.128 e. The summed E-state index contributed by atoms with van der Waals surface area (Å²) in [7, 11) is 0. The molecular formula is C17H29NO3. The first-order valence-corrected chi connectivity index (χ1v) is 8.20. The second kappa shape index (κ2) is 7.60. The van der Waals surface area contributed by atoms with E-state index in [1.165, 1.54) is 6.42 Å². The van der Waals surface area contributed by atoms with E-state index in [2.05, 4.69) is 24.7 Å². The van der Waals surface area contributed by atoms with E-state index >= 15 is 0 Å². The first-order valence-electron chi connectivity index (χ1n) is 8.20. The molecule has 0 aromatic carbocycles. The predicted octanol–water partition coefficient (Wildman–Crippen LogP) is 1.81. The van der Waals surface area contributed by atoms with E-state index in [0.29, 0.717) is 13.2 Å². The summed E-state index contributed by atoms with van der Waals surface area (Å²) in [6.45, 7) is 6.81. The van der Waals surface area contributed by atoms with Gasteiger partial charge in [-0.25, -0.2) is 0 Å². The Morgan fingerprint density at radius 1 is 1.29 bits per heavy atom. The van der Waals surface area contributed by atoms with Crippen LogP contribution >= 0.6 is 0 Å². The van der Waals surface area contributed by atoms with Crippen LogP contribution in [0.2, 0.25) is 0 Å². The maximum absolute atomic E-state index is 10.2. The van der Waals surface area contributed by atoms with Gasteiger partial charge in [-0.1, -0.05) is 12.3 Å². The van der Waals surface area contributed by atoms with E-state index in [4.69, 9.17) is 15.9 Å². The number of aliphatic hydroxyl groups is 1. The van der Waals surface area contributed by atoms with Gasteiger partial charge in [0.2, 0.25) is 0 Å². The van der Waals surface area contributed by atoms with Crippen LogP contribution in [0.25, 0.3) is 0 Å². The third-order valence-corrected chi connectivity index (χ3v) is 4.44. The van der Waals surface area contributed by atoms with Crippen LogP contribution in [0, 0.1) is 12.3 Å². The molecule has 2 fully saturated rings. The standard InChI is InChI=1S/C17H29NO3/c1-4-17(8-6-5-7-9-17)20-13-16(19)12-18-10-14(2)21-15(3)11-18/h1,14-16,19H,5-13H2,2-3H3/t14-,15+,16-/m1/s1. The maximum atomic E-state index is 10.2. The highest BCUT2D eigenvalue weighted by molar-refractivity contribution is 5.09. The van der Waals surface area contributed by atoms with Crippen LogP contribution in [-0.4, -0.2) is 60.2 Å². The monoisotopic (exact) mass is 295 g/mol. The second-order valence-corrected chi connectivity index (χ2v) is 6.64. The van der Waals surface area contributed by atoms with Gasteiger partial charge in [0.1, 0.15) is 5.60 Å². The third-order valence-electron chi connectivity index (χ3n) is 4.44. The van der Waals surface area contributed by atoms with Crippen molar-refractivity contribution in [3.8, 4) is 12.3 Å². The lowest BCUT2D eigenvalue weighted by Crippen LogP contribution is -2.49. The second-order valence-electron chi connectivity index (χ2n) is 6.64. The molecule has 4 nitrogen and oxygen atoms in total. The predicted molar refractivity (Wildman–Crippen MR) is 83.1 cm³/mol. The average Bonchev–Trinajstić information content (AvgIpc) is 2.45. The largest absolute Gasteiger partial charge is 0.389 e. The van der Waals surface area contributed by atoms with Gasteiger partial charge in [0, 0.05) is 19.6 Å². The Bertz CT molecular complexity index is 350. The Balaban J connectivity index is 1.76. The van der Waals surface area contributed by atoms with Crippen molar-refractivity contribution in [2.24, 2.45) is 0 Å². The first-order chi connectivity index (χ1) is 10.0. The number of terminal acetylenes is 1. The number of hydrogen-bond donors (Lipinski definition) is 1. The van der Waals surface area contributed by atoms with E-state index in [-0.39, 0.29) is 12.2 Å². The van der Waals surface area contributed by atoms with Crippen LogP contribution < -0.4 is 0 Å². The fraction of sp³-hybridized carbons (Fsp3) is 0.882. The molecule has 2 aliphatic rings. The molecule has 0 aromatic rings. The van der Waals surface area contributed by atoms with Gasteiger partial charge in [0.25, 0.3) is 0 Å². The summed E-state index contributed by atoms with van der Waals surface area (Å²) in [5, 5.41) is 10.2. The van der Waals surface area contributed by atoms with Crippen LogP contribution in [0.4, 0.5) is 0 Å². The van der Waals surface area contributed by atoms with Crippen molar-refractivity contribution >= 4 is 0 Å². The molecule has 120 valence electrons. The summed E-state index contributed by atoms with van der Waals surface area (Å²) in [5.41, 5.74) is -0.440. The summed E-state index contributed by atoms with van der Waals surface area (Å²) in [6.07, 6.45) is 10.9. The Labute approximate surface area is 128 Å². The van der Waals surface area contributed by atoms with Gasteiger partial charge in [0.05, 0.1) is 24.9 Å². The van der Waals surface area contributed by atoms with E-state index < -0.39 is 11.7 Å². The number of morpholine rings is 1. The molecule has 0 radical (unpaired) electrons. The van der Waals surface area contributed by atoms with Gasteiger partial charge in [-0.05, 0) is 39.5 Å². The quantitative estimate of drug-likeness (QED) is 0.786. The molecule has 0 aromatic heterocycles. The highest BCUT2D eigenvalue weighted by Crippen LogP contribution is 2.31. The number of ether oxygens (including phenoxy) is 2. The van der Waals surface area contributed by atoms with Crippen molar-refractivity contribution in [2.75, 3.05) is 26.2 Å². The SMILES string of the molecule is C#CC1(OC[C@H](O)CN2C[C@@H](C)O[C@@H](C)C2)CCCCC1. The van der Waals surface area contributed by atoms with Crippen LogP contribution in [0.15, 0.2) is 0 Å². The molecule has 2 rings (SSSR count). The first kappa shape index (κ1) is 16.8. The minimum absolute atomic E-state index is 0.220. The molecule has 0 unspecified atom stereocenters. The van der Waals surface area contributed by atoms with Gasteiger partial charge in [0.15, 0.2) is 0 Å². The Hall–Kier alpha value is -0.600. The molecule has 3 atom stereocenters. The number of β-amino-alcohol motifs (C(OH)–C–C–N with tert-alkyl or cyclic N) is 1. The van der Waals surface area contributed by atoms with E-state index in [9.17, 15) is 5.11 Å². The molecule has 0 spiro atoms. The molecule has 1 aliphatic carbocycles. The van der Waals surface area contributed by atoms with Gasteiger partial charge in [-0.2, -0.15) is 0 Å². The zero-order chi connectivity index (χ0) is 15.3. The van der Waals surface area contributed by atoms with Crippen molar-refractivity contribution in [3.05, 3.63) is 0 Å². The minimum Gasteiger partial charge on any atom is -0.389 e. The van der Waals surface area contributed by atoms with Crippen molar-refractivity contribution in [2.45, 2.75) is 69.9 Å². The lowest BCUT2D eigenvalue weighted by Gasteiger charge is -2.37. The van der Waals surface area contributed by atoms with E-state index in [1.54, 1.807) is 0 Å². The van der Waals surface area contributed by atoms with Gasteiger partial charge < -0.3 is 14.6 Å². The average molecular weight is 295 g/mol. The van der Waals surface area contributed by atoms with Crippen LogP contribution in [0.3, 0.4) is 0 Å². The highest BCUT2D eigenvalue weighted by atomic mass is 16.5. The fourth-order valence-corrected chi connectivity index (χ4v) is 3.49. The van der Waals surface area contributed by atoms with E-state index in [1.807, 2.05) is 0 Å². The fourth-order valence-electron chi connectivity index (χ4n) is 3.49. The van der Waals surface area contributed by atoms with Crippen LogP contribution in [-0.2, 0) is 9.47 Å². The zero-order valence-corrected chi connectivity index (χ0v) is 13.4. The van der Waals surface area contributed by atoms with Gasteiger partial charge >= 0.3 is 0 Å². The molecule has 1 saturated carbocycles. The van der Waals surface area contributed by atoms with Gasteiger partial charge in [-0.3, -0.25) is 4.90 Å². The summed E-state index contributed by atoms with van der Waals surface area (Å²) in [5.74, 6) is 2.82. The lowest BCUT2D eigenvalue weighted by molar-refractivity contribution is -0.0969. The molecule has 1 N–H and O–H groups in total. The van der Waals surface area contributed by atoms with Crippen LogP contribution in [0.1, 0.15) is 46.0 Å². The minimum atomic E-state index is -0.491. The summed E-state index contributed by atoms with van der Waals surface area (Å²) >= 11 is 0. The highest BCUT2D eigenvalue weighted by Gasteiger charge is 2.32. The third kappa shape index (κ3) is 4.96. The number of aliphatic hydroxyl groups excluding tert-OH is 1. The number of hydrogen-bond acceptors (Lipinski definition) is 4. The molecule has 21 heavy (non-hydrogen) atoms. The topological polar surface area (TPSA) is 41.9 Å². The zero-order valence-electron chi connectivity index (χ0n) is 13.4. The smallest absolute Gasteiger partial charge is 0.128 e. The molecule has 0 amide bonds. The van der Waals surface area contributed by atoms with Crippen molar-refractivity contribution in [1.82, 2.24) is 4.90 Å². The molecule has 4 heteroatoms. The normalized spacial score (nSPS) is 31.5. The van der Waals surface area contributed by atoms with Crippen molar-refractivity contribution < 1.29 is 14.6 Å². The Kier molecular flexibility index (Phi) is 6.07. The molecule has 1 aliphatic heterocycles. The van der Waals surface area contributed by atoms with Crippen molar-refractivity contribution in [1.29, 1.82) is 0 Å². The number of nitrogens with zero attached hydrogens (tertiary/aromatic N) is 1.